The van der Waals surface area contributed by atoms with Gasteiger partial charge in [-0.1, -0.05) is 6.07 Å². The molecule has 0 aliphatic carbocycles. The van der Waals surface area contributed by atoms with Crippen molar-refractivity contribution in [3.63, 3.8) is 0 Å². The number of carbonyl (C=O) groups is 8. The molecule has 0 bridgehead atoms. The van der Waals surface area contributed by atoms with Gasteiger partial charge in [0.1, 0.15) is 35.4 Å². The van der Waals surface area contributed by atoms with Crippen molar-refractivity contribution in [3.8, 4) is 5.75 Å². The van der Waals surface area contributed by atoms with Crippen molar-refractivity contribution in [2.45, 2.75) is 101 Å². The molecule has 1 saturated heterocycles. The maximum atomic E-state index is 13.5. The molecule has 1 fully saturated rings. The van der Waals surface area contributed by atoms with Crippen LogP contribution in [0.5, 0.6) is 5.75 Å². The number of aryl methyl sites for hydroxylation is 4. The number of carbonyl (C=O) groups excluding carboxylic acids is 4. The molecule has 0 saturated carbocycles. The predicted molar refractivity (Wildman–Crippen MR) is 279 cm³/mol. The van der Waals surface area contributed by atoms with Gasteiger partial charge in [0.25, 0.3) is 10.1 Å². The molecule has 28 nitrogen and oxygen atoms in total. The molecule has 2 aliphatic heterocycles. The summed E-state index contributed by atoms with van der Waals surface area (Å²) in [5.41, 5.74) is 2.54. The Morgan fingerprint density at radius 2 is 1.33 bits per heavy atom. The number of sulfonamides is 1. The van der Waals surface area contributed by atoms with Gasteiger partial charge in [0.2, 0.25) is 33.7 Å². The number of hydrogen-bond donors (Lipinski definition) is 11. The Morgan fingerprint density at radius 1 is 0.731 bits per heavy atom. The Hall–Kier alpha value is -6.57. The molecule has 434 valence electrons. The lowest BCUT2D eigenvalue weighted by Crippen LogP contribution is -2.52. The summed E-state index contributed by atoms with van der Waals surface area (Å²) in [5.74, 6) is -8.08. The smallest absolute Gasteiger partial charge is 0.323 e. The topological polar surface area (TPSA) is 410 Å². The van der Waals surface area contributed by atoms with Gasteiger partial charge in [-0.25, -0.2) is 13.4 Å². The molecule has 4 rings (SSSR count). The molecule has 0 spiro atoms. The van der Waals surface area contributed by atoms with E-state index in [9.17, 15) is 80.2 Å². The van der Waals surface area contributed by atoms with E-state index in [-0.39, 0.29) is 120 Å². The first-order chi connectivity index (χ1) is 36.8. The SMILES string of the molecule is Cc1cc(OCCCC(=O)NCCNC(=O)C(CS(=O)(=O)O)NC(=O)CCC(C(=O)O)N2CCN(CC(=O)O)CCN(CC(=O)O)CC2)cc(C)c1S(=O)(=O)N[C@H](CNC(=O)CCCCc1ccc2c(n1)NCCC2)C(=O)O. The van der Waals surface area contributed by atoms with Crippen molar-refractivity contribution in [2.75, 3.05) is 96.2 Å². The zero-order valence-corrected chi connectivity index (χ0v) is 45.3. The number of ether oxygens (including phenoxy) is 1. The summed E-state index contributed by atoms with van der Waals surface area (Å²) >= 11 is 0. The maximum Gasteiger partial charge on any atom is 0.323 e. The summed E-state index contributed by atoms with van der Waals surface area (Å²) < 4.78 is 68.0. The van der Waals surface area contributed by atoms with E-state index in [1.807, 2.05) is 6.07 Å². The Morgan fingerprint density at radius 3 is 1.94 bits per heavy atom. The second-order valence-corrected chi connectivity index (χ2v) is 22.1. The highest BCUT2D eigenvalue weighted by atomic mass is 32.2. The number of aromatic nitrogens is 1. The van der Waals surface area contributed by atoms with Crippen LogP contribution >= 0.6 is 0 Å². The lowest BCUT2D eigenvalue weighted by molar-refractivity contribution is -0.145. The summed E-state index contributed by atoms with van der Waals surface area (Å²) in [6.07, 6.45) is 3.22. The average molecular weight is 1140 g/mol. The van der Waals surface area contributed by atoms with Crippen LogP contribution < -0.4 is 36.0 Å². The fourth-order valence-electron chi connectivity index (χ4n) is 8.83. The Bertz CT molecular complexity index is 2630. The van der Waals surface area contributed by atoms with Gasteiger partial charge in [-0.15, -0.1) is 0 Å². The highest BCUT2D eigenvalue weighted by Crippen LogP contribution is 2.27. The summed E-state index contributed by atoms with van der Waals surface area (Å²) in [6.45, 7) is 2.96. The number of pyridine rings is 1. The molecule has 3 atom stereocenters. The van der Waals surface area contributed by atoms with Crippen LogP contribution in [-0.2, 0) is 71.3 Å². The van der Waals surface area contributed by atoms with Gasteiger partial charge in [-0.3, -0.25) is 57.6 Å². The third kappa shape index (κ3) is 22.8. The number of benzene rings is 1. The number of rotatable bonds is 32. The number of aliphatic carboxylic acids is 4. The van der Waals surface area contributed by atoms with E-state index < -0.39 is 104 Å². The molecule has 2 aromatic rings. The van der Waals surface area contributed by atoms with Crippen LogP contribution in [0.15, 0.2) is 29.2 Å². The number of unbranched alkanes of at least 4 members (excludes halogenated alkanes) is 1. The van der Waals surface area contributed by atoms with Crippen LogP contribution in [0.2, 0.25) is 0 Å². The van der Waals surface area contributed by atoms with Gasteiger partial charge >= 0.3 is 23.9 Å². The Labute approximate surface area is 452 Å². The van der Waals surface area contributed by atoms with Crippen LogP contribution in [0.4, 0.5) is 5.82 Å². The molecule has 2 aliphatic rings. The lowest BCUT2D eigenvalue weighted by Gasteiger charge is -2.30. The molecule has 78 heavy (non-hydrogen) atoms. The number of anilines is 1. The third-order valence-electron chi connectivity index (χ3n) is 12.7. The average Bonchev–Trinajstić information content (AvgIpc) is 3.44. The fraction of sp³-hybridized carbons (Fsp3) is 0.604. The van der Waals surface area contributed by atoms with Crippen molar-refractivity contribution < 1.29 is 84.9 Å². The minimum Gasteiger partial charge on any atom is -0.494 e. The number of nitrogens with one attached hydrogen (secondary N) is 6. The molecule has 2 unspecified atom stereocenters. The molecule has 1 aromatic heterocycles. The minimum absolute atomic E-state index is 0.00953. The monoisotopic (exact) mass is 1140 g/mol. The van der Waals surface area contributed by atoms with Gasteiger partial charge in [-0.05, 0) is 93.7 Å². The van der Waals surface area contributed by atoms with Gasteiger partial charge in [-0.2, -0.15) is 13.1 Å². The van der Waals surface area contributed by atoms with Crippen molar-refractivity contribution in [1.29, 1.82) is 0 Å². The van der Waals surface area contributed by atoms with Crippen LogP contribution in [-0.4, -0.2) is 218 Å². The van der Waals surface area contributed by atoms with Gasteiger partial charge in [0, 0.05) is 90.4 Å². The third-order valence-corrected chi connectivity index (χ3v) is 15.2. The Kier molecular flexibility index (Phi) is 25.5. The lowest BCUT2D eigenvalue weighted by atomic mass is 10.1. The van der Waals surface area contributed by atoms with Crippen molar-refractivity contribution in [3.05, 3.63) is 46.6 Å². The van der Waals surface area contributed by atoms with Crippen LogP contribution in [0.1, 0.15) is 73.8 Å². The number of hydrogen-bond acceptors (Lipinski definition) is 18. The van der Waals surface area contributed by atoms with Crippen LogP contribution in [0.25, 0.3) is 0 Å². The van der Waals surface area contributed by atoms with E-state index in [1.54, 1.807) is 0 Å². The number of carboxylic acid groups (broad SMARTS) is 4. The summed E-state index contributed by atoms with van der Waals surface area (Å²) in [5, 5.41) is 51.5. The first-order valence-electron chi connectivity index (χ1n) is 25.4. The van der Waals surface area contributed by atoms with E-state index in [0.29, 0.717) is 19.3 Å². The normalized spacial score (nSPS) is 15.8. The number of amides is 4. The van der Waals surface area contributed by atoms with Gasteiger partial charge in [0.15, 0.2) is 0 Å². The molecular weight excluding hydrogens is 1070 g/mol. The van der Waals surface area contributed by atoms with Crippen LogP contribution in [0.3, 0.4) is 0 Å². The first-order valence-corrected chi connectivity index (χ1v) is 28.5. The maximum absolute atomic E-state index is 13.5. The Balaban J connectivity index is 1.18. The van der Waals surface area contributed by atoms with E-state index in [1.165, 1.54) is 46.2 Å². The molecule has 4 amide bonds. The largest absolute Gasteiger partial charge is 0.494 e. The van der Waals surface area contributed by atoms with Crippen LogP contribution in [0, 0.1) is 13.8 Å². The number of fused-ring (bicyclic) bond motifs is 1. The highest BCUT2D eigenvalue weighted by molar-refractivity contribution is 7.89. The molecule has 3 heterocycles. The standard InChI is InChI=1S/C48H72N10O18S2/c1-31-25-35(26-32(2)44(31)78(74,75)55-36(47(67)68)27-52-40(60)9-4-3-8-34-12-11-33-7-5-15-50-45(33)53-34)76-24-6-10-39(59)49-16-17-51-46(66)37(30-77(71,72)73)54-41(61)14-13-38(48(69)70)58-22-20-56(28-42(62)63)18-19-57(21-23-58)29-43(64)65/h11-12,25-26,36-38,55H,3-10,13-24,27-30H2,1-2H3,(H,49,59)(H,50,53)(H,51,66)(H,52,60)(H,54,61)(H,62,63)(H,64,65)(H,67,68)(H,69,70)(H,71,72,73)/t36-,37?,38?/m1/s1. The molecule has 30 heteroatoms. The minimum atomic E-state index is -4.84. The van der Waals surface area contributed by atoms with E-state index >= 15 is 0 Å². The summed E-state index contributed by atoms with van der Waals surface area (Å²) in [4.78, 5) is 107. The van der Waals surface area contributed by atoms with E-state index in [4.69, 9.17) is 4.74 Å². The zero-order chi connectivity index (χ0) is 57.6. The van der Waals surface area contributed by atoms with Gasteiger partial charge < -0.3 is 51.7 Å². The second kappa shape index (κ2) is 31.1. The number of carboxylic acids is 4. The van der Waals surface area contributed by atoms with Crippen molar-refractivity contribution in [2.24, 2.45) is 0 Å². The molecule has 11 N–H and O–H groups in total. The second-order valence-electron chi connectivity index (χ2n) is 19.0. The van der Waals surface area contributed by atoms with E-state index in [2.05, 4.69) is 42.4 Å². The van der Waals surface area contributed by atoms with Gasteiger partial charge in [0.05, 0.1) is 24.6 Å². The predicted octanol–water partition coefficient (Wildman–Crippen LogP) is -1.60. The first kappa shape index (κ1) is 64.0. The molecule has 1 aromatic carbocycles. The molecule has 0 radical (unpaired) electrons. The quantitative estimate of drug-likeness (QED) is 0.0290. The zero-order valence-electron chi connectivity index (χ0n) is 43.7. The fourth-order valence-corrected chi connectivity index (χ4v) is 11.1. The van der Waals surface area contributed by atoms with Crippen molar-refractivity contribution >= 4 is 73.5 Å². The van der Waals surface area contributed by atoms with E-state index in [0.717, 1.165) is 30.9 Å². The number of nitrogens with zero attached hydrogens (tertiary/aromatic N) is 4. The summed E-state index contributed by atoms with van der Waals surface area (Å²) in [7, 11) is -9.26. The summed E-state index contributed by atoms with van der Waals surface area (Å²) in [6, 6.07) is 2.07. The molecular formula is C48H72N10O18S2. The highest BCUT2D eigenvalue weighted by Gasteiger charge is 2.32. The van der Waals surface area contributed by atoms with Crippen molar-refractivity contribution in [1.82, 2.24) is 45.7 Å².